The van der Waals surface area contributed by atoms with E-state index in [0.717, 1.165) is 20.3 Å². The van der Waals surface area contributed by atoms with Crippen LogP contribution in [-0.2, 0) is 16.8 Å². The van der Waals surface area contributed by atoms with Gasteiger partial charge in [0.15, 0.2) is 0 Å². The van der Waals surface area contributed by atoms with E-state index in [4.69, 9.17) is 9.47 Å². The maximum atomic E-state index is 6.38. The van der Waals surface area contributed by atoms with Crippen LogP contribution in [-0.4, -0.2) is 12.2 Å². The van der Waals surface area contributed by atoms with E-state index >= 15 is 0 Å². The van der Waals surface area contributed by atoms with Gasteiger partial charge in [-0.3, -0.25) is 0 Å². The van der Waals surface area contributed by atoms with Gasteiger partial charge in [0, 0.05) is 0 Å². The SMILES string of the molecule is CC(C)Oc1cccc(OC(C)C)c1-c1cccc[c]1[Pd-]([CH]1CCCCC1)[CH]1CCCCC1. The Morgan fingerprint density at radius 1 is 0.636 bits per heavy atom. The van der Waals surface area contributed by atoms with Gasteiger partial charge >= 0.3 is 208 Å². The third-order valence-corrected chi connectivity index (χ3v) is 12.8. The Morgan fingerprint density at radius 3 is 1.61 bits per heavy atom. The van der Waals surface area contributed by atoms with E-state index in [1.807, 2.05) is 0 Å². The summed E-state index contributed by atoms with van der Waals surface area (Å²) in [6.45, 7) is 8.47. The molecule has 0 spiro atoms. The van der Waals surface area contributed by atoms with Crippen LogP contribution in [0.15, 0.2) is 42.5 Å². The summed E-state index contributed by atoms with van der Waals surface area (Å²) < 4.78 is 16.2. The number of ether oxygens (including phenoxy) is 2. The molecular formula is C30H43O2Pd-. The molecule has 2 aromatic carbocycles. The number of hydrogen-bond acceptors (Lipinski definition) is 2. The topological polar surface area (TPSA) is 18.5 Å². The average Bonchev–Trinajstić information content (AvgIpc) is 2.81. The molecule has 0 amide bonds. The van der Waals surface area contributed by atoms with Crippen LogP contribution in [0.4, 0.5) is 0 Å². The van der Waals surface area contributed by atoms with Crippen molar-refractivity contribution in [2.75, 3.05) is 0 Å². The second-order valence-corrected chi connectivity index (χ2v) is 14.9. The number of hydrogen-bond donors (Lipinski definition) is 0. The zero-order chi connectivity index (χ0) is 23.2. The molecule has 2 saturated carbocycles. The normalized spacial score (nSPS) is 18.5. The van der Waals surface area contributed by atoms with E-state index in [2.05, 4.69) is 70.2 Å². The predicted molar refractivity (Wildman–Crippen MR) is 137 cm³/mol. The minimum absolute atomic E-state index is 0.132. The van der Waals surface area contributed by atoms with Gasteiger partial charge in [0.05, 0.1) is 0 Å². The van der Waals surface area contributed by atoms with Crippen molar-refractivity contribution >= 4 is 4.04 Å². The first-order valence-electron chi connectivity index (χ1n) is 13.2. The van der Waals surface area contributed by atoms with Gasteiger partial charge in [-0.2, -0.15) is 0 Å². The van der Waals surface area contributed by atoms with Gasteiger partial charge in [-0.25, -0.2) is 0 Å². The molecule has 2 fully saturated rings. The van der Waals surface area contributed by atoms with Crippen molar-refractivity contribution in [3.63, 3.8) is 0 Å². The molecule has 186 valence electrons. The zero-order valence-corrected chi connectivity index (χ0v) is 22.6. The third-order valence-electron chi connectivity index (χ3n) is 6.58. The van der Waals surface area contributed by atoms with E-state index < -0.39 is 16.8 Å². The molecule has 0 saturated heterocycles. The molecule has 2 aliphatic rings. The fourth-order valence-electron chi connectivity index (χ4n) is 5.22. The van der Waals surface area contributed by atoms with Gasteiger partial charge in [0.25, 0.3) is 0 Å². The molecule has 4 rings (SSSR count). The van der Waals surface area contributed by atoms with E-state index in [9.17, 15) is 0 Å². The van der Waals surface area contributed by atoms with Crippen LogP contribution in [0.5, 0.6) is 11.5 Å². The van der Waals surface area contributed by atoms with Crippen molar-refractivity contribution in [3.8, 4) is 22.6 Å². The summed E-state index contributed by atoms with van der Waals surface area (Å²) >= 11 is -0.895. The molecule has 0 radical (unpaired) electrons. The minimum atomic E-state index is -0.895. The first kappa shape index (κ1) is 24.8. The average molecular weight is 542 g/mol. The van der Waals surface area contributed by atoms with Gasteiger partial charge in [-0.05, 0) is 0 Å². The van der Waals surface area contributed by atoms with Crippen LogP contribution < -0.4 is 13.5 Å². The standard InChI is InChI=1S/C18H21O2.2C6H11.Pd/c1-13(2)19-16-11-8-12-17(20-14(3)4)18(16)15-9-6-5-7-10-15;2*1-2-4-6-5-3-1;/h5-9,11-14H,1-4H3;2*1H,2-6H2;/q;;;-1. The second-order valence-electron chi connectivity index (χ2n) is 10.1. The van der Waals surface area contributed by atoms with Gasteiger partial charge in [-0.15, -0.1) is 0 Å². The molecule has 0 heterocycles. The molecule has 0 unspecified atom stereocenters. The van der Waals surface area contributed by atoms with Gasteiger partial charge in [0.1, 0.15) is 0 Å². The Morgan fingerprint density at radius 2 is 1.12 bits per heavy atom. The van der Waals surface area contributed by atoms with Crippen LogP contribution >= 0.6 is 0 Å². The first-order valence-corrected chi connectivity index (χ1v) is 15.7. The molecule has 2 aromatic rings. The summed E-state index contributed by atoms with van der Waals surface area (Å²) in [5.74, 6) is 1.93. The third kappa shape index (κ3) is 6.23. The molecule has 33 heavy (non-hydrogen) atoms. The van der Waals surface area contributed by atoms with Gasteiger partial charge < -0.3 is 0 Å². The van der Waals surface area contributed by atoms with Crippen molar-refractivity contribution in [1.29, 1.82) is 0 Å². The Labute approximate surface area is 207 Å². The number of benzene rings is 2. The van der Waals surface area contributed by atoms with E-state index in [-0.39, 0.29) is 12.2 Å². The van der Waals surface area contributed by atoms with Crippen molar-refractivity contribution in [3.05, 3.63) is 42.5 Å². The fourth-order valence-corrected chi connectivity index (χ4v) is 12.1. The van der Waals surface area contributed by atoms with Crippen molar-refractivity contribution in [2.45, 2.75) is 113 Å². The Balaban J connectivity index is 1.84. The molecule has 2 nitrogen and oxygen atoms in total. The summed E-state index contributed by atoms with van der Waals surface area (Å²) in [5.41, 5.74) is 2.55. The first-order chi connectivity index (χ1) is 16.0. The van der Waals surface area contributed by atoms with E-state index in [1.54, 1.807) is 4.04 Å². The Hall–Kier alpha value is -1.30. The van der Waals surface area contributed by atoms with Crippen molar-refractivity contribution in [2.24, 2.45) is 0 Å². The number of rotatable bonds is 8. The molecule has 0 N–H and O–H groups in total. The summed E-state index contributed by atoms with van der Waals surface area (Å²) in [6.07, 6.45) is 14.6. The molecule has 0 atom stereocenters. The fraction of sp³-hybridized carbons (Fsp3) is 0.600. The monoisotopic (exact) mass is 541 g/mol. The Kier molecular flexibility index (Phi) is 8.95. The summed E-state index contributed by atoms with van der Waals surface area (Å²) in [7, 11) is 0. The van der Waals surface area contributed by atoms with Gasteiger partial charge in [0.2, 0.25) is 0 Å². The second kappa shape index (κ2) is 11.9. The van der Waals surface area contributed by atoms with E-state index in [0.29, 0.717) is 0 Å². The summed E-state index contributed by atoms with van der Waals surface area (Å²) in [5, 5.41) is 0. The van der Waals surface area contributed by atoms with Crippen molar-refractivity contribution < 1.29 is 26.2 Å². The van der Waals surface area contributed by atoms with Crippen molar-refractivity contribution in [1.82, 2.24) is 0 Å². The zero-order valence-electron chi connectivity index (χ0n) is 21.1. The van der Waals surface area contributed by atoms with Crippen LogP contribution in [0, 0.1) is 0 Å². The molecule has 2 aliphatic carbocycles. The van der Waals surface area contributed by atoms with Crippen LogP contribution in [0.3, 0.4) is 0 Å². The molecule has 0 aromatic heterocycles. The van der Waals surface area contributed by atoms with Crippen LogP contribution in [0.25, 0.3) is 11.1 Å². The predicted octanol–water partition coefficient (Wildman–Crippen LogP) is 8.68. The quantitative estimate of drug-likeness (QED) is 0.311. The molecular weight excluding hydrogens is 499 g/mol. The van der Waals surface area contributed by atoms with Crippen LogP contribution in [0.2, 0.25) is 8.78 Å². The molecule has 0 aliphatic heterocycles. The summed E-state index contributed by atoms with van der Waals surface area (Å²) in [6, 6.07) is 15.7. The Bertz CT molecular complexity index is 832. The van der Waals surface area contributed by atoms with Crippen LogP contribution in [0.1, 0.15) is 91.9 Å². The maximum absolute atomic E-state index is 6.38. The summed E-state index contributed by atoms with van der Waals surface area (Å²) in [4.78, 5) is 0. The molecule has 0 bridgehead atoms. The molecule has 3 heteroatoms. The van der Waals surface area contributed by atoms with E-state index in [1.165, 1.54) is 75.3 Å². The van der Waals surface area contributed by atoms with Gasteiger partial charge in [-0.1, -0.05) is 0 Å².